The predicted octanol–water partition coefficient (Wildman–Crippen LogP) is 2.34. The van der Waals surface area contributed by atoms with Crippen LogP contribution in [0.4, 0.5) is 0 Å². The van der Waals surface area contributed by atoms with E-state index in [1.807, 2.05) is 0 Å². The molecule has 0 amide bonds. The third-order valence-corrected chi connectivity index (χ3v) is 5.85. The minimum absolute atomic E-state index is 0.0643. The Kier molecular flexibility index (Phi) is 4.20. The van der Waals surface area contributed by atoms with Crippen molar-refractivity contribution in [3.8, 4) is 0 Å². The van der Waals surface area contributed by atoms with E-state index in [9.17, 15) is 13.2 Å². The number of nitrogens with zero attached hydrogens (tertiary/aromatic N) is 1. The molecule has 1 N–H and O–H groups in total. The SMILES string of the molecule is O=C(O)[C@@H]1CCCN1S(=O)(=O)c1ccc(Br)cc1Cl. The van der Waals surface area contributed by atoms with Crippen molar-refractivity contribution in [1.29, 1.82) is 0 Å². The molecule has 0 bridgehead atoms. The summed E-state index contributed by atoms with van der Waals surface area (Å²) in [5.41, 5.74) is 0. The Morgan fingerprint density at radius 1 is 1.47 bits per heavy atom. The van der Waals surface area contributed by atoms with Crippen molar-refractivity contribution in [2.24, 2.45) is 0 Å². The second-order valence-corrected chi connectivity index (χ2v) is 7.37. The first kappa shape index (κ1) is 14.8. The van der Waals surface area contributed by atoms with Crippen LogP contribution >= 0.6 is 27.5 Å². The van der Waals surface area contributed by atoms with E-state index in [-0.39, 0.29) is 16.5 Å². The number of halogens is 2. The van der Waals surface area contributed by atoms with E-state index in [1.165, 1.54) is 12.1 Å². The monoisotopic (exact) mass is 367 g/mol. The molecule has 104 valence electrons. The summed E-state index contributed by atoms with van der Waals surface area (Å²) in [6, 6.07) is 3.40. The van der Waals surface area contributed by atoms with Gasteiger partial charge in [0.25, 0.3) is 0 Å². The summed E-state index contributed by atoms with van der Waals surface area (Å²) >= 11 is 9.13. The van der Waals surface area contributed by atoms with Gasteiger partial charge in [-0.2, -0.15) is 4.31 Å². The van der Waals surface area contributed by atoms with Crippen LogP contribution in [0.3, 0.4) is 0 Å². The second kappa shape index (κ2) is 5.40. The van der Waals surface area contributed by atoms with E-state index in [4.69, 9.17) is 16.7 Å². The molecule has 1 aliphatic rings. The normalized spacial score (nSPS) is 20.6. The average Bonchev–Trinajstić information content (AvgIpc) is 2.77. The highest BCUT2D eigenvalue weighted by Crippen LogP contribution is 2.31. The van der Waals surface area contributed by atoms with E-state index in [0.717, 1.165) is 4.31 Å². The smallest absolute Gasteiger partial charge is 0.322 e. The van der Waals surface area contributed by atoms with Crippen molar-refractivity contribution in [2.75, 3.05) is 6.54 Å². The molecule has 0 unspecified atom stereocenters. The van der Waals surface area contributed by atoms with E-state index in [2.05, 4.69) is 15.9 Å². The Morgan fingerprint density at radius 2 is 2.16 bits per heavy atom. The maximum Gasteiger partial charge on any atom is 0.322 e. The molecule has 2 rings (SSSR count). The Morgan fingerprint density at radius 3 is 2.74 bits per heavy atom. The molecule has 8 heteroatoms. The first-order valence-electron chi connectivity index (χ1n) is 5.54. The molecule has 1 aliphatic heterocycles. The fourth-order valence-corrected chi connectivity index (χ4v) is 4.75. The lowest BCUT2D eigenvalue weighted by Gasteiger charge is -2.21. The summed E-state index contributed by atoms with van der Waals surface area (Å²) in [6.45, 7) is 0.200. The van der Waals surface area contributed by atoms with Crippen molar-refractivity contribution in [1.82, 2.24) is 4.31 Å². The van der Waals surface area contributed by atoms with Gasteiger partial charge in [0, 0.05) is 11.0 Å². The molecule has 0 aliphatic carbocycles. The number of carboxylic acids is 1. The Balaban J connectivity index is 2.45. The molecule has 0 radical (unpaired) electrons. The van der Waals surface area contributed by atoms with Crippen molar-refractivity contribution in [2.45, 2.75) is 23.8 Å². The van der Waals surface area contributed by atoms with Crippen LogP contribution in [0, 0.1) is 0 Å². The van der Waals surface area contributed by atoms with Crippen LogP contribution in [0.5, 0.6) is 0 Å². The predicted molar refractivity (Wildman–Crippen MR) is 73.7 cm³/mol. The maximum absolute atomic E-state index is 12.4. The molecule has 1 heterocycles. The van der Waals surface area contributed by atoms with Gasteiger partial charge in [0.05, 0.1) is 5.02 Å². The van der Waals surface area contributed by atoms with Crippen LogP contribution in [0.25, 0.3) is 0 Å². The molecule has 1 aromatic rings. The van der Waals surface area contributed by atoms with E-state index < -0.39 is 22.0 Å². The number of hydrogen-bond acceptors (Lipinski definition) is 3. The van der Waals surface area contributed by atoms with E-state index >= 15 is 0 Å². The molecule has 1 saturated heterocycles. The molecule has 1 fully saturated rings. The van der Waals surface area contributed by atoms with Crippen LogP contribution < -0.4 is 0 Å². The number of carbonyl (C=O) groups is 1. The molecule has 1 atom stereocenters. The van der Waals surface area contributed by atoms with Crippen LogP contribution in [0.15, 0.2) is 27.6 Å². The number of aliphatic carboxylic acids is 1. The van der Waals surface area contributed by atoms with Crippen LogP contribution in [-0.2, 0) is 14.8 Å². The summed E-state index contributed by atoms with van der Waals surface area (Å²) in [5, 5.41) is 9.14. The zero-order chi connectivity index (χ0) is 14.2. The molecular formula is C11H11BrClNO4S. The molecule has 5 nitrogen and oxygen atoms in total. The van der Waals surface area contributed by atoms with Crippen LogP contribution in [-0.4, -0.2) is 36.4 Å². The molecule has 0 spiro atoms. The Labute approximate surface area is 124 Å². The largest absolute Gasteiger partial charge is 0.480 e. The van der Waals surface area contributed by atoms with Crippen LogP contribution in [0.2, 0.25) is 5.02 Å². The third kappa shape index (κ3) is 2.79. The number of hydrogen-bond donors (Lipinski definition) is 1. The summed E-state index contributed by atoms with van der Waals surface area (Å²) in [5.74, 6) is -1.13. The lowest BCUT2D eigenvalue weighted by molar-refractivity contribution is -0.140. The highest BCUT2D eigenvalue weighted by Gasteiger charge is 2.40. The quantitative estimate of drug-likeness (QED) is 0.888. The van der Waals surface area contributed by atoms with Gasteiger partial charge < -0.3 is 5.11 Å². The minimum atomic E-state index is -3.88. The summed E-state index contributed by atoms with van der Waals surface area (Å²) < 4.78 is 26.6. The highest BCUT2D eigenvalue weighted by atomic mass is 79.9. The molecular weight excluding hydrogens is 358 g/mol. The van der Waals surface area contributed by atoms with Crippen molar-refractivity contribution < 1.29 is 18.3 Å². The lowest BCUT2D eigenvalue weighted by Crippen LogP contribution is -2.40. The molecule has 0 aromatic heterocycles. The zero-order valence-electron chi connectivity index (χ0n) is 9.71. The number of carboxylic acid groups (broad SMARTS) is 1. The van der Waals surface area contributed by atoms with Gasteiger partial charge in [0.15, 0.2) is 0 Å². The third-order valence-electron chi connectivity index (χ3n) is 2.97. The molecule has 1 aromatic carbocycles. The van der Waals surface area contributed by atoms with Gasteiger partial charge in [0.1, 0.15) is 10.9 Å². The molecule has 19 heavy (non-hydrogen) atoms. The topological polar surface area (TPSA) is 74.7 Å². The maximum atomic E-state index is 12.4. The van der Waals surface area contributed by atoms with Gasteiger partial charge in [-0.1, -0.05) is 27.5 Å². The molecule has 0 saturated carbocycles. The highest BCUT2D eigenvalue weighted by molar-refractivity contribution is 9.10. The lowest BCUT2D eigenvalue weighted by atomic mass is 10.2. The van der Waals surface area contributed by atoms with Gasteiger partial charge in [-0.15, -0.1) is 0 Å². The van der Waals surface area contributed by atoms with Gasteiger partial charge in [0.2, 0.25) is 10.0 Å². The first-order valence-corrected chi connectivity index (χ1v) is 8.15. The number of rotatable bonds is 3. The zero-order valence-corrected chi connectivity index (χ0v) is 12.9. The number of sulfonamides is 1. The van der Waals surface area contributed by atoms with Gasteiger partial charge in [-0.3, -0.25) is 4.79 Å². The summed E-state index contributed by atoms with van der Waals surface area (Å²) in [4.78, 5) is 11.0. The second-order valence-electron chi connectivity index (χ2n) is 4.19. The van der Waals surface area contributed by atoms with Gasteiger partial charge in [-0.25, -0.2) is 8.42 Å². The van der Waals surface area contributed by atoms with Gasteiger partial charge >= 0.3 is 5.97 Å². The standard InChI is InChI=1S/C11H11BrClNO4S/c12-7-3-4-10(8(13)6-7)19(17,18)14-5-1-2-9(14)11(15)16/h3-4,6,9H,1-2,5H2,(H,15,16)/t9-/m0/s1. The number of benzene rings is 1. The van der Waals surface area contributed by atoms with E-state index in [1.54, 1.807) is 6.07 Å². The summed E-state index contributed by atoms with van der Waals surface area (Å²) in [6.07, 6.45) is 0.854. The van der Waals surface area contributed by atoms with E-state index in [0.29, 0.717) is 17.3 Å². The van der Waals surface area contributed by atoms with Crippen LogP contribution in [0.1, 0.15) is 12.8 Å². The first-order chi connectivity index (χ1) is 8.84. The average molecular weight is 369 g/mol. The van der Waals surface area contributed by atoms with Gasteiger partial charge in [-0.05, 0) is 31.0 Å². The summed E-state index contributed by atoms with van der Waals surface area (Å²) in [7, 11) is -3.88. The fourth-order valence-electron chi connectivity index (χ4n) is 2.09. The van der Waals surface area contributed by atoms with Crippen molar-refractivity contribution >= 4 is 43.5 Å². The van der Waals surface area contributed by atoms with Crippen molar-refractivity contribution in [3.05, 3.63) is 27.7 Å². The fraction of sp³-hybridized carbons (Fsp3) is 0.364. The Bertz CT molecular complexity index is 619. The van der Waals surface area contributed by atoms with Crippen molar-refractivity contribution in [3.63, 3.8) is 0 Å². The Hall–Kier alpha value is -0.630. The minimum Gasteiger partial charge on any atom is -0.480 e.